The minimum absolute atomic E-state index is 0.113. The Balaban J connectivity index is 1.95. The zero-order valence-corrected chi connectivity index (χ0v) is 16.7. The third-order valence-corrected chi connectivity index (χ3v) is 3.86. The van der Waals surface area contributed by atoms with Crippen molar-refractivity contribution < 1.29 is 28.5 Å². The molecule has 0 radical (unpaired) electrons. The fourth-order valence-electron chi connectivity index (χ4n) is 2.50. The number of ether oxygens (including phenoxy) is 4. The van der Waals surface area contributed by atoms with Gasteiger partial charge in [0.05, 0.1) is 12.2 Å². The van der Waals surface area contributed by atoms with Crippen molar-refractivity contribution in [2.45, 2.75) is 26.2 Å². The molecular formula is C22H26O6. The molecule has 0 fully saturated rings. The Morgan fingerprint density at radius 3 is 2.43 bits per heavy atom. The van der Waals surface area contributed by atoms with Gasteiger partial charge in [0.25, 0.3) is 0 Å². The standard InChI is InChI=1S/C22H26O6/c1-22(2,3)18-10-5-6-11-19(18)27-15-20(23)28-17-9-7-8-16(14-17)21(24)26-13-12-25-4/h5-11,14H,12-13,15H2,1-4H3. The van der Waals surface area contributed by atoms with Crippen LogP contribution in [-0.4, -0.2) is 38.9 Å². The maximum absolute atomic E-state index is 12.2. The quantitative estimate of drug-likeness (QED) is 0.391. The fourth-order valence-corrected chi connectivity index (χ4v) is 2.50. The van der Waals surface area contributed by atoms with E-state index in [0.717, 1.165) is 5.56 Å². The predicted molar refractivity (Wildman–Crippen MR) is 105 cm³/mol. The molecule has 28 heavy (non-hydrogen) atoms. The maximum Gasteiger partial charge on any atom is 0.349 e. The van der Waals surface area contributed by atoms with E-state index in [1.54, 1.807) is 18.2 Å². The Morgan fingerprint density at radius 1 is 0.964 bits per heavy atom. The molecule has 2 rings (SSSR count). The fraction of sp³-hybridized carbons (Fsp3) is 0.364. The van der Waals surface area contributed by atoms with Crippen LogP contribution in [0.4, 0.5) is 0 Å². The van der Waals surface area contributed by atoms with Gasteiger partial charge in [0.15, 0.2) is 6.61 Å². The average molecular weight is 386 g/mol. The van der Waals surface area contributed by atoms with Crippen LogP contribution in [0.5, 0.6) is 11.5 Å². The topological polar surface area (TPSA) is 71.1 Å². The van der Waals surface area contributed by atoms with Crippen molar-refractivity contribution in [2.24, 2.45) is 0 Å². The molecule has 6 nitrogen and oxygen atoms in total. The molecule has 0 aliphatic carbocycles. The summed E-state index contributed by atoms with van der Waals surface area (Å²) in [7, 11) is 1.52. The van der Waals surface area contributed by atoms with Gasteiger partial charge in [0.1, 0.15) is 18.1 Å². The smallest absolute Gasteiger partial charge is 0.349 e. The molecule has 0 aliphatic heterocycles. The number of carbonyl (C=O) groups is 2. The number of rotatable bonds is 8. The molecule has 0 bridgehead atoms. The Labute approximate surface area is 165 Å². The van der Waals surface area contributed by atoms with Gasteiger partial charge in [-0.15, -0.1) is 0 Å². The van der Waals surface area contributed by atoms with Crippen LogP contribution in [0.15, 0.2) is 48.5 Å². The highest BCUT2D eigenvalue weighted by Gasteiger charge is 2.19. The number of hydrogen-bond donors (Lipinski definition) is 0. The Morgan fingerprint density at radius 2 is 1.71 bits per heavy atom. The normalized spacial score (nSPS) is 11.0. The summed E-state index contributed by atoms with van der Waals surface area (Å²) in [5, 5.41) is 0. The molecule has 0 aliphatic rings. The zero-order chi connectivity index (χ0) is 20.6. The second kappa shape index (κ2) is 9.90. The van der Waals surface area contributed by atoms with E-state index in [2.05, 4.69) is 20.8 Å². The van der Waals surface area contributed by atoms with E-state index in [9.17, 15) is 9.59 Å². The maximum atomic E-state index is 12.2. The van der Waals surface area contributed by atoms with Crippen molar-refractivity contribution in [1.82, 2.24) is 0 Å². The first kappa shape index (κ1) is 21.4. The molecule has 0 unspecified atom stereocenters. The highest BCUT2D eigenvalue weighted by atomic mass is 16.6. The van der Waals surface area contributed by atoms with E-state index in [1.165, 1.54) is 13.2 Å². The van der Waals surface area contributed by atoms with Gasteiger partial charge >= 0.3 is 11.9 Å². The summed E-state index contributed by atoms with van der Waals surface area (Å²) in [4.78, 5) is 24.1. The van der Waals surface area contributed by atoms with E-state index in [0.29, 0.717) is 17.9 Å². The summed E-state index contributed by atoms with van der Waals surface area (Å²) in [5.74, 6) is -0.180. The van der Waals surface area contributed by atoms with Crippen LogP contribution in [0.3, 0.4) is 0 Å². The Kier molecular flexibility index (Phi) is 7.58. The van der Waals surface area contributed by atoms with Crippen molar-refractivity contribution in [3.05, 3.63) is 59.7 Å². The van der Waals surface area contributed by atoms with Gasteiger partial charge in [-0.05, 0) is 35.2 Å². The van der Waals surface area contributed by atoms with Gasteiger partial charge in [0.2, 0.25) is 0 Å². The molecule has 0 amide bonds. The highest BCUT2D eigenvalue weighted by molar-refractivity contribution is 5.90. The summed E-state index contributed by atoms with van der Waals surface area (Å²) < 4.78 is 20.8. The second-order valence-corrected chi connectivity index (χ2v) is 7.17. The van der Waals surface area contributed by atoms with Crippen molar-refractivity contribution in [3.8, 4) is 11.5 Å². The van der Waals surface area contributed by atoms with Crippen LogP contribution in [0.2, 0.25) is 0 Å². The number of hydrogen-bond acceptors (Lipinski definition) is 6. The van der Waals surface area contributed by atoms with E-state index in [-0.39, 0.29) is 24.4 Å². The van der Waals surface area contributed by atoms with E-state index in [4.69, 9.17) is 18.9 Å². The van der Waals surface area contributed by atoms with Crippen LogP contribution in [-0.2, 0) is 19.7 Å². The first-order valence-corrected chi connectivity index (χ1v) is 9.00. The van der Waals surface area contributed by atoms with Crippen molar-refractivity contribution >= 4 is 11.9 Å². The van der Waals surface area contributed by atoms with E-state index < -0.39 is 11.9 Å². The van der Waals surface area contributed by atoms with Crippen LogP contribution in [0.25, 0.3) is 0 Å². The van der Waals surface area contributed by atoms with E-state index in [1.807, 2.05) is 24.3 Å². The van der Waals surface area contributed by atoms with Gasteiger partial charge in [-0.1, -0.05) is 45.0 Å². The first-order chi connectivity index (χ1) is 13.3. The minimum Gasteiger partial charge on any atom is -0.482 e. The van der Waals surface area contributed by atoms with E-state index >= 15 is 0 Å². The van der Waals surface area contributed by atoms with Crippen LogP contribution in [0.1, 0.15) is 36.7 Å². The lowest BCUT2D eigenvalue weighted by Gasteiger charge is -2.22. The van der Waals surface area contributed by atoms with Gasteiger partial charge in [-0.2, -0.15) is 0 Å². The van der Waals surface area contributed by atoms with Gasteiger partial charge in [-0.25, -0.2) is 9.59 Å². The minimum atomic E-state index is -0.561. The average Bonchev–Trinajstić information content (AvgIpc) is 2.66. The molecule has 0 aromatic heterocycles. The van der Waals surface area contributed by atoms with Crippen molar-refractivity contribution in [3.63, 3.8) is 0 Å². The number of benzene rings is 2. The lowest BCUT2D eigenvalue weighted by atomic mass is 9.86. The van der Waals surface area contributed by atoms with Crippen molar-refractivity contribution in [1.29, 1.82) is 0 Å². The summed E-state index contributed by atoms with van der Waals surface area (Å²) in [5.41, 5.74) is 1.18. The number of esters is 2. The highest BCUT2D eigenvalue weighted by Crippen LogP contribution is 2.30. The lowest BCUT2D eigenvalue weighted by Crippen LogP contribution is -2.20. The number of para-hydroxylation sites is 1. The van der Waals surface area contributed by atoms with Crippen LogP contribution >= 0.6 is 0 Å². The molecule has 0 saturated carbocycles. The van der Waals surface area contributed by atoms with Crippen LogP contribution in [0, 0.1) is 0 Å². The SMILES string of the molecule is COCCOC(=O)c1cccc(OC(=O)COc2ccccc2C(C)(C)C)c1. The molecule has 2 aromatic rings. The van der Waals surface area contributed by atoms with Crippen LogP contribution < -0.4 is 9.47 Å². The Bertz CT molecular complexity index is 807. The third kappa shape index (κ3) is 6.39. The zero-order valence-electron chi connectivity index (χ0n) is 16.7. The lowest BCUT2D eigenvalue weighted by molar-refractivity contribution is -0.136. The van der Waals surface area contributed by atoms with Gasteiger partial charge in [0, 0.05) is 7.11 Å². The monoisotopic (exact) mass is 386 g/mol. The molecule has 0 spiro atoms. The summed E-state index contributed by atoms with van der Waals surface area (Å²) in [6.07, 6.45) is 0. The third-order valence-electron chi connectivity index (χ3n) is 3.86. The molecule has 6 heteroatoms. The summed E-state index contributed by atoms with van der Waals surface area (Å²) in [6, 6.07) is 13.8. The number of carbonyl (C=O) groups excluding carboxylic acids is 2. The molecular weight excluding hydrogens is 360 g/mol. The summed E-state index contributed by atoms with van der Waals surface area (Å²) in [6.45, 7) is 6.45. The van der Waals surface area contributed by atoms with Gasteiger partial charge < -0.3 is 18.9 Å². The molecule has 0 saturated heterocycles. The predicted octanol–water partition coefficient (Wildman–Crippen LogP) is 3.77. The summed E-state index contributed by atoms with van der Waals surface area (Å²) >= 11 is 0. The number of methoxy groups -OCH3 is 1. The van der Waals surface area contributed by atoms with Crippen molar-refractivity contribution in [2.75, 3.05) is 26.9 Å². The molecule has 0 N–H and O–H groups in total. The molecule has 2 aromatic carbocycles. The van der Waals surface area contributed by atoms with Gasteiger partial charge in [-0.3, -0.25) is 0 Å². The molecule has 150 valence electrons. The molecule has 0 heterocycles. The molecule has 0 atom stereocenters. The largest absolute Gasteiger partial charge is 0.482 e. The second-order valence-electron chi connectivity index (χ2n) is 7.17. The first-order valence-electron chi connectivity index (χ1n) is 9.00. The Hall–Kier alpha value is -2.86.